The maximum Gasteiger partial charge on any atom is 0.355 e. The smallest absolute Gasteiger partial charge is 0.355 e. The molecular weight excluding hydrogens is 350 g/mol. The van der Waals surface area contributed by atoms with E-state index in [4.69, 9.17) is 4.74 Å². The van der Waals surface area contributed by atoms with Gasteiger partial charge in [0.25, 0.3) is 0 Å². The Morgan fingerprint density at radius 1 is 1.14 bits per heavy atom. The average molecular weight is 362 g/mol. The summed E-state index contributed by atoms with van der Waals surface area (Å²) in [5, 5.41) is 1.02. The summed E-state index contributed by atoms with van der Waals surface area (Å²) in [4.78, 5) is 13.0. The fourth-order valence-corrected chi connectivity index (χ4v) is 3.30. The first-order valence-electron chi connectivity index (χ1n) is 6.32. The molecule has 0 bridgehead atoms. The quantitative estimate of drug-likeness (QED) is 0.631. The van der Waals surface area contributed by atoms with Crippen LogP contribution in [0.4, 0.5) is 0 Å². The number of esters is 1. The van der Waals surface area contributed by atoms with Crippen molar-refractivity contribution in [2.24, 2.45) is 0 Å². The molecule has 0 aliphatic carbocycles. The van der Waals surface area contributed by atoms with E-state index in [-0.39, 0.29) is 5.97 Å². The van der Waals surface area contributed by atoms with Crippen LogP contribution < -0.4 is 0 Å². The van der Waals surface area contributed by atoms with Gasteiger partial charge in [-0.05, 0) is 48.3 Å². The number of benzene rings is 2. The molecule has 0 aliphatic rings. The summed E-state index contributed by atoms with van der Waals surface area (Å²) in [5.41, 5.74) is 1.53. The number of carbonyl (C=O) groups excluding carboxylic acids is 1. The van der Waals surface area contributed by atoms with Crippen LogP contribution in [0, 0.1) is 0 Å². The molecule has 1 heterocycles. The molecule has 106 valence electrons. The van der Waals surface area contributed by atoms with E-state index in [0.717, 1.165) is 20.3 Å². The van der Waals surface area contributed by atoms with Crippen LogP contribution in [0.25, 0.3) is 10.9 Å². The Balaban J connectivity index is 2.10. The Hall–Kier alpha value is -1.72. The van der Waals surface area contributed by atoms with Crippen LogP contribution in [0.3, 0.4) is 0 Å². The van der Waals surface area contributed by atoms with Crippen molar-refractivity contribution in [2.75, 3.05) is 7.11 Å². The Kier molecular flexibility index (Phi) is 4.03. The summed E-state index contributed by atoms with van der Waals surface area (Å²) in [7, 11) is 1.40. The number of ether oxygens (including phenoxy) is 1. The van der Waals surface area contributed by atoms with Crippen molar-refractivity contribution < 1.29 is 9.53 Å². The number of fused-ring (bicyclic) bond motifs is 1. The van der Waals surface area contributed by atoms with Crippen LogP contribution in [0.15, 0.2) is 64.0 Å². The molecule has 0 radical (unpaired) electrons. The molecule has 5 heteroatoms. The highest BCUT2D eigenvalue weighted by Crippen LogP contribution is 2.30. The number of methoxy groups -OCH3 is 1. The van der Waals surface area contributed by atoms with E-state index < -0.39 is 0 Å². The minimum absolute atomic E-state index is 0.337. The van der Waals surface area contributed by atoms with Gasteiger partial charge in [0, 0.05) is 14.8 Å². The predicted molar refractivity (Wildman–Crippen MR) is 88.7 cm³/mol. The minimum atomic E-state index is -0.337. The van der Waals surface area contributed by atoms with Crippen molar-refractivity contribution in [1.82, 2.24) is 3.97 Å². The van der Waals surface area contributed by atoms with Gasteiger partial charge in [0.2, 0.25) is 0 Å². The number of aromatic nitrogens is 1. The van der Waals surface area contributed by atoms with Gasteiger partial charge in [0.05, 0.1) is 12.6 Å². The Labute approximate surface area is 135 Å². The molecule has 3 aromatic rings. The molecule has 0 fully saturated rings. The molecule has 3 rings (SSSR count). The second-order valence-corrected chi connectivity index (χ2v) is 6.35. The van der Waals surface area contributed by atoms with Crippen LogP contribution >= 0.6 is 27.9 Å². The summed E-state index contributed by atoms with van der Waals surface area (Å²) in [6.45, 7) is 0. The summed E-state index contributed by atoms with van der Waals surface area (Å²) in [5.74, 6) is -0.337. The fraction of sp³-hybridized carbons (Fsp3) is 0.0625. The molecule has 3 nitrogen and oxygen atoms in total. The number of rotatable bonds is 3. The average Bonchev–Trinajstić information content (AvgIpc) is 2.88. The monoisotopic (exact) mass is 361 g/mol. The second kappa shape index (κ2) is 5.95. The number of hydrogen-bond acceptors (Lipinski definition) is 3. The van der Waals surface area contributed by atoms with E-state index in [2.05, 4.69) is 15.9 Å². The normalized spacial score (nSPS) is 10.8. The van der Waals surface area contributed by atoms with E-state index in [1.165, 1.54) is 19.1 Å². The summed E-state index contributed by atoms with van der Waals surface area (Å²) >= 11 is 4.92. The van der Waals surface area contributed by atoms with E-state index in [0.29, 0.717) is 5.69 Å². The number of carbonyl (C=O) groups is 1. The number of para-hydroxylation sites is 1. The van der Waals surface area contributed by atoms with Gasteiger partial charge in [-0.1, -0.05) is 34.1 Å². The molecule has 21 heavy (non-hydrogen) atoms. The zero-order chi connectivity index (χ0) is 14.8. The Morgan fingerprint density at radius 3 is 2.57 bits per heavy atom. The van der Waals surface area contributed by atoms with Gasteiger partial charge >= 0.3 is 5.97 Å². The third-order valence-electron chi connectivity index (χ3n) is 3.07. The first kappa shape index (κ1) is 14.2. The van der Waals surface area contributed by atoms with Crippen LogP contribution in [-0.4, -0.2) is 17.1 Å². The molecule has 0 aliphatic heterocycles. The van der Waals surface area contributed by atoms with Crippen LogP contribution in [-0.2, 0) is 4.74 Å². The van der Waals surface area contributed by atoms with Gasteiger partial charge in [-0.3, -0.25) is 3.97 Å². The lowest BCUT2D eigenvalue weighted by Gasteiger charge is -2.08. The Morgan fingerprint density at radius 2 is 1.86 bits per heavy atom. The molecule has 2 aromatic carbocycles. The van der Waals surface area contributed by atoms with Crippen molar-refractivity contribution in [2.45, 2.75) is 4.90 Å². The molecule has 0 N–H and O–H groups in total. The lowest BCUT2D eigenvalue weighted by molar-refractivity contribution is 0.0594. The highest BCUT2D eigenvalue weighted by Gasteiger charge is 2.16. The van der Waals surface area contributed by atoms with Gasteiger partial charge in [0.15, 0.2) is 0 Å². The Bertz CT molecular complexity index is 796. The van der Waals surface area contributed by atoms with Gasteiger partial charge in [-0.2, -0.15) is 0 Å². The van der Waals surface area contributed by atoms with Crippen LogP contribution in [0.5, 0.6) is 0 Å². The molecule has 0 unspecified atom stereocenters. The van der Waals surface area contributed by atoms with Crippen molar-refractivity contribution in [3.63, 3.8) is 0 Å². The summed E-state index contributed by atoms with van der Waals surface area (Å²) in [6.07, 6.45) is 0. The van der Waals surface area contributed by atoms with Gasteiger partial charge < -0.3 is 4.74 Å². The van der Waals surface area contributed by atoms with E-state index in [1.54, 1.807) is 0 Å². The van der Waals surface area contributed by atoms with E-state index in [9.17, 15) is 4.79 Å². The van der Waals surface area contributed by atoms with E-state index >= 15 is 0 Å². The molecule has 1 aromatic heterocycles. The number of halogens is 1. The molecule has 0 atom stereocenters. The first-order chi connectivity index (χ1) is 10.2. The largest absolute Gasteiger partial charge is 0.464 e. The minimum Gasteiger partial charge on any atom is -0.464 e. The standard InChI is InChI=1S/C16H12BrNO2S/c1-20-16(19)15-10-11-4-2-3-5-14(11)18(15)21-13-8-6-12(17)7-9-13/h2-10H,1H3. The maximum absolute atomic E-state index is 12.0. The highest BCUT2D eigenvalue weighted by molar-refractivity contribution is 9.10. The fourth-order valence-electron chi connectivity index (χ4n) is 2.08. The van der Waals surface area contributed by atoms with E-state index in [1.807, 2.05) is 58.6 Å². The topological polar surface area (TPSA) is 31.2 Å². The zero-order valence-corrected chi connectivity index (χ0v) is 13.6. The molecule has 0 amide bonds. The third kappa shape index (κ3) is 2.84. The van der Waals surface area contributed by atoms with Gasteiger partial charge in [0.1, 0.15) is 5.69 Å². The predicted octanol–water partition coefficient (Wildman–Crippen LogP) is 4.75. The summed E-state index contributed by atoms with van der Waals surface area (Å²) < 4.78 is 7.82. The number of nitrogens with zero attached hydrogens (tertiary/aromatic N) is 1. The molecule has 0 saturated heterocycles. The van der Waals surface area contributed by atoms with Crippen molar-refractivity contribution in [1.29, 1.82) is 0 Å². The second-order valence-electron chi connectivity index (χ2n) is 4.42. The first-order valence-corrected chi connectivity index (χ1v) is 7.88. The van der Waals surface area contributed by atoms with Gasteiger partial charge in [-0.25, -0.2) is 4.79 Å². The number of hydrogen-bond donors (Lipinski definition) is 0. The van der Waals surface area contributed by atoms with Crippen LogP contribution in [0.2, 0.25) is 0 Å². The van der Waals surface area contributed by atoms with Crippen molar-refractivity contribution in [3.05, 3.63) is 64.8 Å². The molecular formula is C16H12BrNO2S. The van der Waals surface area contributed by atoms with Crippen LogP contribution in [0.1, 0.15) is 10.5 Å². The van der Waals surface area contributed by atoms with Crippen molar-refractivity contribution in [3.8, 4) is 0 Å². The third-order valence-corrected chi connectivity index (χ3v) is 4.66. The lowest BCUT2D eigenvalue weighted by atomic mass is 10.2. The van der Waals surface area contributed by atoms with Crippen molar-refractivity contribution >= 4 is 44.8 Å². The molecule has 0 spiro atoms. The maximum atomic E-state index is 12.0. The highest BCUT2D eigenvalue weighted by atomic mass is 79.9. The SMILES string of the molecule is COC(=O)c1cc2ccccc2n1Sc1ccc(Br)cc1. The molecule has 0 saturated carbocycles. The van der Waals surface area contributed by atoms with Gasteiger partial charge in [-0.15, -0.1) is 0 Å². The lowest BCUT2D eigenvalue weighted by Crippen LogP contribution is -2.06. The zero-order valence-electron chi connectivity index (χ0n) is 11.2. The summed E-state index contributed by atoms with van der Waals surface area (Å²) in [6, 6.07) is 17.7.